The van der Waals surface area contributed by atoms with Crippen LogP contribution in [0.4, 0.5) is 22.7 Å². The molecule has 10 aromatic rings. The second kappa shape index (κ2) is 23.2. The van der Waals surface area contributed by atoms with Crippen molar-refractivity contribution in [1.29, 1.82) is 0 Å². The monoisotopic (exact) mass is 957 g/mol. The van der Waals surface area contributed by atoms with Gasteiger partial charge in [0.15, 0.2) is 0 Å². The first-order chi connectivity index (χ1) is 36.3. The van der Waals surface area contributed by atoms with E-state index >= 15 is 0 Å². The molecule has 0 aromatic heterocycles. The van der Waals surface area contributed by atoms with Gasteiger partial charge in [-0.15, -0.1) is 0 Å². The molecule has 10 rings (SSSR count). The predicted molar refractivity (Wildman–Crippen MR) is 318 cm³/mol. The number of fused-ring (bicyclic) bond motifs is 1. The number of hydrogen-bond acceptors (Lipinski definition) is 2. The van der Waals surface area contributed by atoms with Gasteiger partial charge in [0.1, 0.15) is 0 Å². The molecule has 2 nitrogen and oxygen atoms in total. The highest BCUT2D eigenvalue weighted by atomic mass is 15.1. The van der Waals surface area contributed by atoms with Gasteiger partial charge >= 0.3 is 0 Å². The normalized spacial score (nSPS) is 11.3. The molecule has 0 amide bonds. The maximum absolute atomic E-state index is 2.47. The number of hydrogen-bond donors (Lipinski definition) is 0. The zero-order valence-corrected chi connectivity index (χ0v) is 43.0. The molecule has 0 saturated heterocycles. The van der Waals surface area contributed by atoms with Crippen LogP contribution in [0, 0.1) is 0 Å². The molecule has 0 bridgehead atoms. The third-order valence-electron chi connectivity index (χ3n) is 14.0. The number of rotatable bonds is 17. The molecule has 0 heterocycles. The summed E-state index contributed by atoms with van der Waals surface area (Å²) in [6, 6.07) is 92.7. The van der Waals surface area contributed by atoms with Crippen LogP contribution in [-0.4, -0.2) is 0 Å². The average Bonchev–Trinajstić information content (AvgIpc) is 3.45. The number of allylic oxidation sites excluding steroid dienone is 2. The van der Waals surface area contributed by atoms with Gasteiger partial charge in [0.25, 0.3) is 0 Å². The summed E-state index contributed by atoms with van der Waals surface area (Å²) in [5.74, 6) is 0.936. The highest BCUT2D eigenvalue weighted by molar-refractivity contribution is 5.97. The summed E-state index contributed by atoms with van der Waals surface area (Å²) < 4.78 is 0. The largest absolute Gasteiger partial charge is 0.363 e. The molecule has 74 heavy (non-hydrogen) atoms. The molecular formula is C72H64N2. The van der Waals surface area contributed by atoms with Gasteiger partial charge in [-0.2, -0.15) is 0 Å². The highest BCUT2D eigenvalue weighted by Gasteiger charge is 2.17. The van der Waals surface area contributed by atoms with Crippen molar-refractivity contribution in [1.82, 2.24) is 0 Å². The summed E-state index contributed by atoms with van der Waals surface area (Å²) in [6.45, 7) is 10.6. The molecule has 0 N–H and O–H groups in total. The Bertz CT molecular complexity index is 3340. The fourth-order valence-electron chi connectivity index (χ4n) is 9.85. The first-order valence-corrected chi connectivity index (χ1v) is 26.1. The van der Waals surface area contributed by atoms with Gasteiger partial charge in [-0.1, -0.05) is 252 Å². The van der Waals surface area contributed by atoms with E-state index in [1.165, 1.54) is 72.1 Å². The third kappa shape index (κ3) is 11.8. The van der Waals surface area contributed by atoms with Crippen LogP contribution in [-0.2, 0) is 13.1 Å². The molecule has 0 atom stereocenters. The Morgan fingerprint density at radius 1 is 0.392 bits per heavy atom. The summed E-state index contributed by atoms with van der Waals surface area (Å²) in [7, 11) is 0. The Kier molecular flexibility index (Phi) is 15.3. The van der Waals surface area contributed by atoms with E-state index in [2.05, 4.69) is 317 Å². The quantitative estimate of drug-likeness (QED) is 0.0663. The molecule has 362 valence electrons. The minimum absolute atomic E-state index is 0.468. The summed E-state index contributed by atoms with van der Waals surface area (Å²) in [5, 5.41) is 2.38. The molecule has 0 fully saturated rings. The lowest BCUT2D eigenvalue weighted by atomic mass is 9.92. The van der Waals surface area contributed by atoms with E-state index in [0.717, 1.165) is 41.3 Å². The standard InChI is InChI=1S/C72H64N2/c1-53(2)58-34-38-62(39-35-58)70(63-40-36-59(37-41-63)54(3)4)31-19-29-65-50-69(49-64-28-17-18-30-71(64)65)74(67-42-32-55(33-43-67)48-72(60-24-13-7-14-25-60)61-26-15-8-16-27-61)68-46-44-66(45-47-68)73(51-56-20-9-5-10-21-56)52-57-22-11-6-12-23-57/h5-50,53-54H,51-52H2,1-4H3/b29-19+. The van der Waals surface area contributed by atoms with Gasteiger partial charge in [-0.3, -0.25) is 0 Å². The van der Waals surface area contributed by atoms with Gasteiger partial charge < -0.3 is 9.80 Å². The summed E-state index contributed by atoms with van der Waals surface area (Å²) in [6.07, 6.45) is 9.11. The number of anilines is 4. The van der Waals surface area contributed by atoms with Crippen LogP contribution < -0.4 is 9.80 Å². The second-order valence-corrected chi connectivity index (χ2v) is 19.8. The van der Waals surface area contributed by atoms with Crippen LogP contribution in [0.3, 0.4) is 0 Å². The van der Waals surface area contributed by atoms with Crippen LogP contribution in [0.2, 0.25) is 0 Å². The maximum atomic E-state index is 2.47. The minimum atomic E-state index is 0.468. The average molecular weight is 957 g/mol. The molecule has 0 aliphatic heterocycles. The van der Waals surface area contributed by atoms with E-state index in [1.54, 1.807) is 0 Å². The molecule has 0 saturated carbocycles. The molecule has 10 aromatic carbocycles. The van der Waals surface area contributed by atoms with Crippen molar-refractivity contribution in [3.05, 3.63) is 323 Å². The first-order valence-electron chi connectivity index (χ1n) is 26.1. The zero-order valence-electron chi connectivity index (χ0n) is 43.0. The SMILES string of the molecule is CC(C)c1ccc(C(=C/C=C/c2cc(N(c3ccc(C=C(c4ccccc4)c4ccccc4)cc3)c3ccc(N(Cc4ccccc4)Cc4ccccc4)cc3)cc3ccccc23)c2ccc(C(C)C)cc2)cc1. The Morgan fingerprint density at radius 3 is 1.32 bits per heavy atom. The van der Waals surface area contributed by atoms with Crippen LogP contribution in [0.1, 0.15) is 95.2 Å². The molecule has 0 aliphatic carbocycles. The zero-order chi connectivity index (χ0) is 50.6. The second-order valence-electron chi connectivity index (χ2n) is 19.8. The van der Waals surface area contributed by atoms with Crippen LogP contribution >= 0.6 is 0 Å². The van der Waals surface area contributed by atoms with Crippen molar-refractivity contribution < 1.29 is 0 Å². The van der Waals surface area contributed by atoms with Crippen molar-refractivity contribution in [2.24, 2.45) is 0 Å². The van der Waals surface area contributed by atoms with Crippen molar-refractivity contribution in [2.75, 3.05) is 9.80 Å². The van der Waals surface area contributed by atoms with Crippen LogP contribution in [0.15, 0.2) is 267 Å². The third-order valence-corrected chi connectivity index (χ3v) is 14.0. The van der Waals surface area contributed by atoms with Gasteiger partial charge in [-0.25, -0.2) is 0 Å². The van der Waals surface area contributed by atoms with E-state index < -0.39 is 0 Å². The van der Waals surface area contributed by atoms with E-state index in [-0.39, 0.29) is 0 Å². The van der Waals surface area contributed by atoms with Crippen LogP contribution in [0.25, 0.3) is 34.1 Å². The van der Waals surface area contributed by atoms with Crippen molar-refractivity contribution in [2.45, 2.75) is 52.6 Å². The van der Waals surface area contributed by atoms with Crippen molar-refractivity contribution in [3.8, 4) is 0 Å². The fourth-order valence-corrected chi connectivity index (χ4v) is 9.85. The topological polar surface area (TPSA) is 6.48 Å². The molecule has 0 unspecified atom stereocenters. The Morgan fingerprint density at radius 2 is 0.824 bits per heavy atom. The molecule has 0 radical (unpaired) electrons. The van der Waals surface area contributed by atoms with Gasteiger partial charge in [0.2, 0.25) is 0 Å². The number of benzene rings is 10. The fraction of sp³-hybridized carbons (Fsp3) is 0.111. The Hall–Kier alpha value is -8.72. The van der Waals surface area contributed by atoms with Crippen molar-refractivity contribution >= 4 is 56.8 Å². The lowest BCUT2D eigenvalue weighted by molar-refractivity contribution is 0.800. The molecule has 2 heteroatoms. The Balaban J connectivity index is 1.07. The summed E-state index contributed by atoms with van der Waals surface area (Å²) in [4.78, 5) is 4.87. The van der Waals surface area contributed by atoms with E-state index in [4.69, 9.17) is 0 Å². The summed E-state index contributed by atoms with van der Waals surface area (Å²) in [5.41, 5.74) is 19.1. The number of nitrogens with zero attached hydrogens (tertiary/aromatic N) is 2. The molecular weight excluding hydrogens is 893 g/mol. The maximum Gasteiger partial charge on any atom is 0.0473 e. The van der Waals surface area contributed by atoms with E-state index in [9.17, 15) is 0 Å². The predicted octanol–water partition coefficient (Wildman–Crippen LogP) is 19.5. The van der Waals surface area contributed by atoms with E-state index in [1.807, 2.05) is 0 Å². The van der Waals surface area contributed by atoms with Gasteiger partial charge in [0.05, 0.1) is 0 Å². The smallest absolute Gasteiger partial charge is 0.0473 e. The lowest BCUT2D eigenvalue weighted by Crippen LogP contribution is -2.22. The highest BCUT2D eigenvalue weighted by Crippen LogP contribution is 2.40. The van der Waals surface area contributed by atoms with E-state index in [0.29, 0.717) is 11.8 Å². The van der Waals surface area contributed by atoms with Gasteiger partial charge in [-0.05, 0) is 144 Å². The summed E-state index contributed by atoms with van der Waals surface area (Å²) >= 11 is 0. The minimum Gasteiger partial charge on any atom is -0.363 e. The van der Waals surface area contributed by atoms with Crippen molar-refractivity contribution in [3.63, 3.8) is 0 Å². The van der Waals surface area contributed by atoms with Gasteiger partial charge in [0, 0.05) is 35.8 Å². The Labute approximate surface area is 439 Å². The first kappa shape index (κ1) is 48.9. The van der Waals surface area contributed by atoms with Crippen LogP contribution in [0.5, 0.6) is 0 Å². The lowest BCUT2D eigenvalue weighted by Gasteiger charge is -2.29. The molecule has 0 spiro atoms. The molecule has 0 aliphatic rings.